The van der Waals surface area contributed by atoms with Crippen molar-refractivity contribution in [3.63, 3.8) is 0 Å². The van der Waals surface area contributed by atoms with Crippen LogP contribution < -0.4 is 5.56 Å². The molecule has 0 fully saturated rings. The second kappa shape index (κ2) is 7.46. The van der Waals surface area contributed by atoms with Crippen LogP contribution in [0.2, 0.25) is 5.02 Å². The number of rotatable bonds is 5. The lowest BCUT2D eigenvalue weighted by atomic mass is 10.1. The molecule has 3 rings (SSSR count). The Hall–Kier alpha value is -2.70. The van der Waals surface area contributed by atoms with Gasteiger partial charge < -0.3 is 9.84 Å². The number of ether oxygens (including phenoxy) is 1. The molecule has 2 aromatic heterocycles. The van der Waals surface area contributed by atoms with Crippen LogP contribution in [0.3, 0.4) is 0 Å². The molecule has 0 bridgehead atoms. The van der Waals surface area contributed by atoms with Crippen molar-refractivity contribution >= 4 is 23.2 Å². The molecule has 6 nitrogen and oxygen atoms in total. The number of halogens is 1. The lowest BCUT2D eigenvalue weighted by Crippen LogP contribution is -2.26. The van der Waals surface area contributed by atoms with Gasteiger partial charge in [-0.3, -0.25) is 9.20 Å². The monoisotopic (exact) mass is 358 g/mol. The van der Waals surface area contributed by atoms with Crippen molar-refractivity contribution < 1.29 is 14.6 Å². The highest BCUT2D eigenvalue weighted by Crippen LogP contribution is 2.09. The smallest absolute Gasteiger partial charge is 0.335 e. The molecule has 0 saturated heterocycles. The third kappa shape index (κ3) is 4.23. The highest BCUT2D eigenvalue weighted by molar-refractivity contribution is 6.30. The zero-order valence-corrected chi connectivity index (χ0v) is 13.9. The number of fused-ring (bicyclic) bond motifs is 1. The maximum absolute atomic E-state index is 12.0. The second-order valence-electron chi connectivity index (χ2n) is 5.47. The Morgan fingerprint density at radius 1 is 1.24 bits per heavy atom. The van der Waals surface area contributed by atoms with Crippen LogP contribution in [0.1, 0.15) is 11.3 Å². The molecule has 2 heterocycles. The maximum atomic E-state index is 12.0. The SMILES string of the molecule is O=C(OCc1cc(=O)n2cc(Cl)ccc2n1)[C@@H](O)Cc1ccccc1. The van der Waals surface area contributed by atoms with Gasteiger partial charge in [-0.05, 0) is 17.7 Å². The second-order valence-corrected chi connectivity index (χ2v) is 5.91. The van der Waals surface area contributed by atoms with E-state index in [0.717, 1.165) is 5.56 Å². The number of esters is 1. The lowest BCUT2D eigenvalue weighted by molar-refractivity contribution is -0.154. The topological polar surface area (TPSA) is 80.9 Å². The Kier molecular flexibility index (Phi) is 5.11. The van der Waals surface area contributed by atoms with Crippen molar-refractivity contribution in [1.29, 1.82) is 0 Å². The largest absolute Gasteiger partial charge is 0.457 e. The van der Waals surface area contributed by atoms with Crippen LogP contribution >= 0.6 is 11.6 Å². The summed E-state index contributed by atoms with van der Waals surface area (Å²) in [4.78, 5) is 28.2. The number of benzene rings is 1. The minimum absolute atomic E-state index is 0.159. The molecule has 0 aliphatic heterocycles. The van der Waals surface area contributed by atoms with Gasteiger partial charge in [-0.1, -0.05) is 41.9 Å². The first-order valence-electron chi connectivity index (χ1n) is 7.59. The minimum Gasteiger partial charge on any atom is -0.457 e. The fraction of sp³-hybridized carbons (Fsp3) is 0.167. The van der Waals surface area contributed by atoms with Crippen LogP contribution in [0.15, 0.2) is 59.5 Å². The fourth-order valence-electron chi connectivity index (χ4n) is 2.36. The van der Waals surface area contributed by atoms with Gasteiger partial charge in [-0.25, -0.2) is 9.78 Å². The number of hydrogen-bond acceptors (Lipinski definition) is 5. The normalized spacial score (nSPS) is 12.1. The number of pyridine rings is 1. The molecule has 0 spiro atoms. The summed E-state index contributed by atoms with van der Waals surface area (Å²) in [6.07, 6.45) is 0.347. The predicted molar refractivity (Wildman–Crippen MR) is 92.4 cm³/mol. The Balaban J connectivity index is 1.66. The van der Waals surface area contributed by atoms with E-state index in [4.69, 9.17) is 16.3 Å². The molecule has 0 unspecified atom stereocenters. The van der Waals surface area contributed by atoms with Crippen molar-refractivity contribution in [2.24, 2.45) is 0 Å². The van der Waals surface area contributed by atoms with Gasteiger partial charge in [0.2, 0.25) is 0 Å². The van der Waals surface area contributed by atoms with Crippen molar-refractivity contribution in [3.8, 4) is 0 Å². The first kappa shape index (κ1) is 17.1. The Labute approximate surface area is 148 Å². The van der Waals surface area contributed by atoms with Crippen LogP contribution in [0.25, 0.3) is 5.65 Å². The Morgan fingerprint density at radius 3 is 2.76 bits per heavy atom. The summed E-state index contributed by atoms with van der Waals surface area (Å²) in [5.41, 5.74) is 1.19. The summed E-state index contributed by atoms with van der Waals surface area (Å²) in [7, 11) is 0. The van der Waals surface area contributed by atoms with Gasteiger partial charge in [0.15, 0.2) is 6.10 Å². The minimum atomic E-state index is -1.28. The number of nitrogens with zero attached hydrogens (tertiary/aromatic N) is 2. The maximum Gasteiger partial charge on any atom is 0.335 e. The van der Waals surface area contributed by atoms with E-state index in [-0.39, 0.29) is 18.6 Å². The molecule has 25 heavy (non-hydrogen) atoms. The van der Waals surface area contributed by atoms with Gasteiger partial charge in [0, 0.05) is 18.7 Å². The van der Waals surface area contributed by atoms with Gasteiger partial charge in [-0.2, -0.15) is 0 Å². The molecule has 3 aromatic rings. The third-order valence-electron chi connectivity index (χ3n) is 3.58. The number of aliphatic hydroxyl groups excluding tert-OH is 1. The van der Waals surface area contributed by atoms with E-state index in [1.165, 1.54) is 16.7 Å². The summed E-state index contributed by atoms with van der Waals surface area (Å²) >= 11 is 5.85. The predicted octanol–water partition coefficient (Wildman–Crippen LogP) is 1.99. The van der Waals surface area contributed by atoms with Gasteiger partial charge in [-0.15, -0.1) is 0 Å². The first-order chi connectivity index (χ1) is 12.0. The van der Waals surface area contributed by atoms with Crippen LogP contribution in [0, 0.1) is 0 Å². The van der Waals surface area contributed by atoms with E-state index in [0.29, 0.717) is 16.4 Å². The van der Waals surface area contributed by atoms with Gasteiger partial charge >= 0.3 is 5.97 Å². The van der Waals surface area contributed by atoms with Gasteiger partial charge in [0.05, 0.1) is 10.7 Å². The summed E-state index contributed by atoms with van der Waals surface area (Å²) < 4.78 is 6.37. The van der Waals surface area contributed by atoms with E-state index in [9.17, 15) is 14.7 Å². The summed E-state index contributed by atoms with van der Waals surface area (Å²) in [5.74, 6) is -0.762. The summed E-state index contributed by atoms with van der Waals surface area (Å²) in [6.45, 7) is -0.195. The number of aromatic nitrogens is 2. The van der Waals surface area contributed by atoms with Gasteiger partial charge in [0.1, 0.15) is 12.3 Å². The van der Waals surface area contributed by atoms with E-state index in [1.54, 1.807) is 12.1 Å². The van der Waals surface area contributed by atoms with Crippen LogP contribution in [0.4, 0.5) is 0 Å². The fourth-order valence-corrected chi connectivity index (χ4v) is 2.52. The molecule has 0 aliphatic rings. The van der Waals surface area contributed by atoms with Crippen molar-refractivity contribution in [2.45, 2.75) is 19.1 Å². The molecule has 128 valence electrons. The van der Waals surface area contributed by atoms with Crippen LogP contribution in [-0.2, 0) is 22.6 Å². The zero-order chi connectivity index (χ0) is 17.8. The molecule has 1 atom stereocenters. The number of carbonyl (C=O) groups excluding carboxylic acids is 1. The van der Waals surface area contributed by atoms with Gasteiger partial charge in [0.25, 0.3) is 5.56 Å². The molecule has 0 aliphatic carbocycles. The summed E-state index contributed by atoms with van der Waals surface area (Å²) in [5, 5.41) is 10.3. The average molecular weight is 359 g/mol. The molecule has 0 amide bonds. The van der Waals surface area contributed by atoms with E-state index >= 15 is 0 Å². The molecule has 1 N–H and O–H groups in total. The molecular weight excluding hydrogens is 344 g/mol. The van der Waals surface area contributed by atoms with Crippen molar-refractivity contribution in [3.05, 3.63) is 81.4 Å². The molecular formula is C18H15ClN2O4. The molecule has 7 heteroatoms. The van der Waals surface area contributed by atoms with Crippen LogP contribution in [-0.4, -0.2) is 26.6 Å². The lowest BCUT2D eigenvalue weighted by Gasteiger charge is -2.11. The molecule has 0 radical (unpaired) electrons. The quantitative estimate of drug-likeness (QED) is 0.705. The van der Waals surface area contributed by atoms with E-state index < -0.39 is 12.1 Å². The Bertz CT molecular complexity index is 956. The highest BCUT2D eigenvalue weighted by Gasteiger charge is 2.17. The number of carbonyl (C=O) groups is 1. The standard InChI is InChI=1S/C18H15ClN2O4/c19-13-6-7-16-20-14(9-17(23)21(16)10-13)11-25-18(24)15(22)8-12-4-2-1-3-5-12/h1-7,9-10,15,22H,8,11H2/t15-/m0/s1. The molecule has 0 saturated carbocycles. The number of hydrogen-bond donors (Lipinski definition) is 1. The molecule has 1 aromatic carbocycles. The van der Waals surface area contributed by atoms with E-state index in [2.05, 4.69) is 4.98 Å². The number of aliphatic hydroxyl groups is 1. The van der Waals surface area contributed by atoms with E-state index in [1.807, 2.05) is 30.3 Å². The van der Waals surface area contributed by atoms with Crippen molar-refractivity contribution in [2.75, 3.05) is 0 Å². The first-order valence-corrected chi connectivity index (χ1v) is 7.97. The third-order valence-corrected chi connectivity index (χ3v) is 3.81. The summed E-state index contributed by atoms with van der Waals surface area (Å²) in [6, 6.07) is 13.6. The van der Waals surface area contributed by atoms with Crippen LogP contribution in [0.5, 0.6) is 0 Å². The van der Waals surface area contributed by atoms with Crippen molar-refractivity contribution in [1.82, 2.24) is 9.38 Å². The highest BCUT2D eigenvalue weighted by atomic mass is 35.5. The Morgan fingerprint density at radius 2 is 2.00 bits per heavy atom. The average Bonchev–Trinajstić information content (AvgIpc) is 2.61. The zero-order valence-electron chi connectivity index (χ0n) is 13.1.